The lowest BCUT2D eigenvalue weighted by Gasteiger charge is -2.22. The van der Waals surface area contributed by atoms with E-state index >= 15 is 0 Å². The van der Waals surface area contributed by atoms with E-state index in [-0.39, 0.29) is 12.3 Å². The molecule has 0 radical (unpaired) electrons. The van der Waals surface area contributed by atoms with E-state index in [9.17, 15) is 9.59 Å². The summed E-state index contributed by atoms with van der Waals surface area (Å²) >= 11 is 11.8. The molecule has 5 nitrogen and oxygen atoms in total. The molecule has 0 saturated carbocycles. The minimum atomic E-state index is -1.06. The highest BCUT2D eigenvalue weighted by molar-refractivity contribution is 6.42. The Hall–Kier alpha value is -1.46. The second-order valence-corrected chi connectivity index (χ2v) is 5.83. The van der Waals surface area contributed by atoms with Crippen LogP contribution in [0.2, 0.25) is 10.0 Å². The molecule has 0 aromatic heterocycles. The number of nitrogens with two attached hydrogens (primary N) is 1. The van der Waals surface area contributed by atoms with Crippen LogP contribution in [0, 0.1) is 0 Å². The van der Waals surface area contributed by atoms with Crippen LogP contribution < -0.4 is 15.8 Å². The zero-order chi connectivity index (χ0) is 16.0. The smallest absolute Gasteiger partial charge is 0.242 e. The number of benzene rings is 1. The number of halogens is 2. The van der Waals surface area contributed by atoms with E-state index in [1.807, 2.05) is 0 Å². The Balaban J connectivity index is 2.36. The fourth-order valence-electron chi connectivity index (χ4n) is 1.48. The maximum absolute atomic E-state index is 11.7. The van der Waals surface area contributed by atoms with Gasteiger partial charge in [-0.2, -0.15) is 0 Å². The summed E-state index contributed by atoms with van der Waals surface area (Å²) < 4.78 is 5.46. The molecular weight excluding hydrogens is 315 g/mol. The SMILES string of the molecule is CC(C)(NC(=O)CCCOc1cccc(Cl)c1Cl)C(N)=O. The van der Waals surface area contributed by atoms with Crippen LogP contribution in [0.5, 0.6) is 5.75 Å². The summed E-state index contributed by atoms with van der Waals surface area (Å²) in [4.78, 5) is 22.8. The number of primary amides is 1. The molecule has 0 bridgehead atoms. The molecule has 7 heteroatoms. The van der Waals surface area contributed by atoms with E-state index in [1.54, 1.807) is 32.0 Å². The highest BCUT2D eigenvalue weighted by Crippen LogP contribution is 2.31. The van der Waals surface area contributed by atoms with Gasteiger partial charge in [-0.25, -0.2) is 0 Å². The lowest BCUT2D eigenvalue weighted by Crippen LogP contribution is -2.53. The number of hydrogen-bond acceptors (Lipinski definition) is 3. The zero-order valence-corrected chi connectivity index (χ0v) is 13.4. The molecule has 0 heterocycles. The molecule has 21 heavy (non-hydrogen) atoms. The summed E-state index contributed by atoms with van der Waals surface area (Å²) in [7, 11) is 0. The Bertz CT molecular complexity index is 533. The Morgan fingerprint density at radius 2 is 2.00 bits per heavy atom. The van der Waals surface area contributed by atoms with Crippen LogP contribution in [0.4, 0.5) is 0 Å². The van der Waals surface area contributed by atoms with Crippen LogP contribution in [0.3, 0.4) is 0 Å². The molecule has 1 aromatic rings. The molecule has 0 atom stereocenters. The van der Waals surface area contributed by atoms with Crippen LogP contribution >= 0.6 is 23.2 Å². The van der Waals surface area contributed by atoms with E-state index in [1.165, 1.54) is 0 Å². The standard InChI is InChI=1S/C14H18Cl2N2O3/c1-14(2,13(17)20)18-11(19)7-4-8-21-10-6-3-5-9(15)12(10)16/h3,5-6H,4,7-8H2,1-2H3,(H2,17,20)(H,18,19). The van der Waals surface area contributed by atoms with E-state index < -0.39 is 11.4 Å². The summed E-state index contributed by atoms with van der Waals surface area (Å²) in [6.07, 6.45) is 0.693. The van der Waals surface area contributed by atoms with E-state index in [0.717, 1.165) is 0 Å². The van der Waals surface area contributed by atoms with Gasteiger partial charge in [0.2, 0.25) is 11.8 Å². The summed E-state index contributed by atoms with van der Waals surface area (Å²) in [6, 6.07) is 5.09. The van der Waals surface area contributed by atoms with Gasteiger partial charge in [-0.05, 0) is 32.4 Å². The van der Waals surface area contributed by atoms with E-state index in [2.05, 4.69) is 5.32 Å². The number of hydrogen-bond donors (Lipinski definition) is 2. The lowest BCUT2D eigenvalue weighted by molar-refractivity contribution is -0.130. The number of amides is 2. The summed E-state index contributed by atoms with van der Waals surface area (Å²) in [5.74, 6) is -0.376. The van der Waals surface area contributed by atoms with E-state index in [0.29, 0.717) is 28.8 Å². The van der Waals surface area contributed by atoms with Crippen molar-refractivity contribution in [2.24, 2.45) is 5.73 Å². The van der Waals surface area contributed by atoms with Crippen molar-refractivity contribution in [1.82, 2.24) is 5.32 Å². The van der Waals surface area contributed by atoms with E-state index in [4.69, 9.17) is 33.7 Å². The van der Waals surface area contributed by atoms with Crippen molar-refractivity contribution in [3.05, 3.63) is 28.2 Å². The summed E-state index contributed by atoms with van der Waals surface area (Å²) in [6.45, 7) is 3.41. The monoisotopic (exact) mass is 332 g/mol. The molecule has 0 aliphatic carbocycles. The van der Waals surface area contributed by atoms with Gasteiger partial charge < -0.3 is 15.8 Å². The third-order valence-corrected chi connectivity index (χ3v) is 3.59. The van der Waals surface area contributed by atoms with Gasteiger partial charge in [0.25, 0.3) is 0 Å². The Labute approximate surface area is 133 Å². The first-order chi connectivity index (χ1) is 9.74. The first-order valence-corrected chi connectivity index (χ1v) is 7.17. The molecule has 0 unspecified atom stereocenters. The molecule has 0 spiro atoms. The van der Waals surface area contributed by atoms with Crippen molar-refractivity contribution in [2.75, 3.05) is 6.61 Å². The fraction of sp³-hybridized carbons (Fsp3) is 0.429. The maximum atomic E-state index is 11.7. The second-order valence-electron chi connectivity index (χ2n) is 5.04. The molecule has 116 valence electrons. The minimum absolute atomic E-state index is 0.217. The van der Waals surface area contributed by atoms with Gasteiger partial charge in [-0.3, -0.25) is 9.59 Å². The third-order valence-electron chi connectivity index (χ3n) is 2.79. The Morgan fingerprint density at radius 3 is 2.62 bits per heavy atom. The van der Waals surface area contributed by atoms with Gasteiger partial charge in [-0.15, -0.1) is 0 Å². The first kappa shape index (κ1) is 17.6. The second kappa shape index (κ2) is 7.52. The molecule has 0 aliphatic rings. The van der Waals surface area contributed by atoms with Crippen molar-refractivity contribution < 1.29 is 14.3 Å². The Kier molecular flexibility index (Phi) is 6.30. The van der Waals surface area contributed by atoms with Gasteiger partial charge in [0.1, 0.15) is 16.3 Å². The predicted octanol–water partition coefficient (Wildman–Crippen LogP) is 2.53. The summed E-state index contributed by atoms with van der Waals surface area (Å²) in [5.41, 5.74) is 4.11. The van der Waals surface area contributed by atoms with Gasteiger partial charge in [0.15, 0.2) is 0 Å². The number of ether oxygens (including phenoxy) is 1. The highest BCUT2D eigenvalue weighted by Gasteiger charge is 2.26. The van der Waals surface area contributed by atoms with Crippen LogP contribution in [-0.4, -0.2) is 24.0 Å². The van der Waals surface area contributed by atoms with Gasteiger partial charge >= 0.3 is 0 Å². The van der Waals surface area contributed by atoms with Crippen molar-refractivity contribution >= 4 is 35.0 Å². The molecule has 0 saturated heterocycles. The summed E-state index contributed by atoms with van der Waals surface area (Å²) in [5, 5.41) is 3.32. The van der Waals surface area contributed by atoms with Gasteiger partial charge in [-0.1, -0.05) is 29.3 Å². The molecular formula is C14H18Cl2N2O3. The Morgan fingerprint density at radius 1 is 1.33 bits per heavy atom. The molecule has 2 amide bonds. The quantitative estimate of drug-likeness (QED) is 0.753. The average molecular weight is 333 g/mol. The maximum Gasteiger partial charge on any atom is 0.242 e. The molecule has 1 rings (SSSR count). The average Bonchev–Trinajstić information content (AvgIpc) is 2.38. The van der Waals surface area contributed by atoms with Gasteiger partial charge in [0.05, 0.1) is 11.6 Å². The predicted molar refractivity (Wildman–Crippen MR) is 82.6 cm³/mol. The van der Waals surface area contributed by atoms with Crippen molar-refractivity contribution in [1.29, 1.82) is 0 Å². The topological polar surface area (TPSA) is 81.4 Å². The van der Waals surface area contributed by atoms with Crippen LogP contribution in [-0.2, 0) is 9.59 Å². The van der Waals surface area contributed by atoms with Crippen LogP contribution in [0.1, 0.15) is 26.7 Å². The van der Waals surface area contributed by atoms with Crippen molar-refractivity contribution in [2.45, 2.75) is 32.2 Å². The minimum Gasteiger partial charge on any atom is -0.492 e. The number of carbonyl (C=O) groups is 2. The molecule has 3 N–H and O–H groups in total. The first-order valence-electron chi connectivity index (χ1n) is 6.42. The number of rotatable bonds is 7. The number of carbonyl (C=O) groups excluding carboxylic acids is 2. The third kappa shape index (κ3) is 5.44. The molecule has 0 aliphatic heterocycles. The van der Waals surface area contributed by atoms with Gasteiger partial charge in [0, 0.05) is 6.42 Å². The largest absolute Gasteiger partial charge is 0.492 e. The van der Waals surface area contributed by atoms with Crippen LogP contribution in [0.25, 0.3) is 0 Å². The number of nitrogens with one attached hydrogen (secondary N) is 1. The van der Waals surface area contributed by atoms with Crippen molar-refractivity contribution in [3.8, 4) is 5.75 Å². The fourth-order valence-corrected chi connectivity index (χ4v) is 1.83. The van der Waals surface area contributed by atoms with Crippen molar-refractivity contribution in [3.63, 3.8) is 0 Å². The highest BCUT2D eigenvalue weighted by atomic mass is 35.5. The zero-order valence-electron chi connectivity index (χ0n) is 11.9. The normalized spacial score (nSPS) is 11.0. The van der Waals surface area contributed by atoms with Crippen LogP contribution in [0.15, 0.2) is 18.2 Å². The lowest BCUT2D eigenvalue weighted by atomic mass is 10.0. The molecule has 1 aromatic carbocycles. The molecule has 0 fully saturated rings.